The average Bonchev–Trinajstić information content (AvgIpc) is 2.67. The minimum Gasteiger partial charge on any atom is -0.394 e. The van der Waals surface area contributed by atoms with Crippen LogP contribution in [0.3, 0.4) is 0 Å². The Morgan fingerprint density at radius 2 is 1.19 bits per heavy atom. The van der Waals surface area contributed by atoms with Crippen molar-refractivity contribution in [1.29, 1.82) is 0 Å². The molecule has 0 rings (SSSR count). The van der Waals surface area contributed by atoms with Crippen molar-refractivity contribution in [2.75, 3.05) is 13.2 Å². The molecule has 8 atom stereocenters. The molecular formula is C14H27NO12. The zero-order valence-corrected chi connectivity index (χ0v) is 14.4. The zero-order chi connectivity index (χ0) is 21.7. The molecule has 0 spiro atoms. The van der Waals surface area contributed by atoms with Gasteiger partial charge in [-0.2, -0.15) is 0 Å². The molecule has 0 aliphatic heterocycles. The first kappa shape index (κ1) is 27.7. The molecule has 0 saturated carbocycles. The van der Waals surface area contributed by atoms with Gasteiger partial charge in [-0.3, -0.25) is 4.79 Å². The second kappa shape index (κ2) is 14.5. The lowest BCUT2D eigenvalue weighted by atomic mass is 10.0. The molecule has 0 aromatic heterocycles. The Labute approximate surface area is 154 Å². The van der Waals surface area contributed by atoms with Crippen molar-refractivity contribution in [3.05, 3.63) is 0 Å². The van der Waals surface area contributed by atoms with Gasteiger partial charge in [0.15, 0.2) is 6.29 Å². The van der Waals surface area contributed by atoms with Crippen molar-refractivity contribution in [3.63, 3.8) is 0 Å². The highest BCUT2D eigenvalue weighted by Gasteiger charge is 2.31. The highest BCUT2D eigenvalue weighted by molar-refractivity contribution is 5.77. The van der Waals surface area contributed by atoms with Crippen LogP contribution < -0.4 is 5.32 Å². The van der Waals surface area contributed by atoms with Gasteiger partial charge in [-0.15, -0.1) is 0 Å². The number of hydrogen-bond donors (Lipinski definition) is 10. The molecular weight excluding hydrogens is 374 g/mol. The molecule has 10 N–H and O–H groups in total. The molecule has 0 aromatic carbocycles. The van der Waals surface area contributed by atoms with E-state index in [0.29, 0.717) is 0 Å². The summed E-state index contributed by atoms with van der Waals surface area (Å²) in [4.78, 5) is 31.0. The maximum Gasteiger partial charge on any atom is 0.217 e. The Morgan fingerprint density at radius 3 is 1.48 bits per heavy atom. The van der Waals surface area contributed by atoms with E-state index in [9.17, 15) is 24.6 Å². The van der Waals surface area contributed by atoms with Crippen LogP contribution in [0.4, 0.5) is 0 Å². The minimum atomic E-state index is -1.79. The van der Waals surface area contributed by atoms with Crippen molar-refractivity contribution in [2.45, 2.75) is 55.7 Å². The molecule has 160 valence electrons. The number of amides is 1. The number of aldehydes is 2. The van der Waals surface area contributed by atoms with E-state index in [4.69, 9.17) is 35.7 Å². The van der Waals surface area contributed by atoms with Gasteiger partial charge >= 0.3 is 0 Å². The largest absolute Gasteiger partial charge is 0.394 e. The van der Waals surface area contributed by atoms with Gasteiger partial charge in [-0.1, -0.05) is 0 Å². The standard InChI is InChI=1S/C8H15NO6.C6H12O6/c1-4(12)9-5(2-10)7(14)8(15)6(13)3-11;7-1-3(9)5(11)6(12)4(10)2-8/h2,5-8,11,13-15H,3H2,1H3,(H,9,12);1,3-6,8-12H,2H2/t5-,6+,7+,8-;3-,4+,5-,6-/m00/s1. The number of carbonyl (C=O) groups excluding carboxylic acids is 3. The van der Waals surface area contributed by atoms with E-state index in [2.05, 4.69) is 5.32 Å². The van der Waals surface area contributed by atoms with Gasteiger partial charge in [-0.05, 0) is 0 Å². The summed E-state index contributed by atoms with van der Waals surface area (Å²) in [5.41, 5.74) is 0. The van der Waals surface area contributed by atoms with Crippen LogP contribution in [-0.4, -0.2) is 126 Å². The summed E-state index contributed by atoms with van der Waals surface area (Å²) in [5, 5.41) is 81.7. The van der Waals surface area contributed by atoms with E-state index in [-0.39, 0.29) is 12.6 Å². The normalized spacial score (nSPS) is 19.8. The van der Waals surface area contributed by atoms with Gasteiger partial charge in [0.25, 0.3) is 0 Å². The molecule has 0 unspecified atom stereocenters. The van der Waals surface area contributed by atoms with Crippen molar-refractivity contribution in [3.8, 4) is 0 Å². The lowest BCUT2D eigenvalue weighted by Crippen LogP contribution is -2.53. The number of rotatable bonds is 11. The molecule has 0 fully saturated rings. The van der Waals surface area contributed by atoms with Crippen LogP contribution in [0.15, 0.2) is 0 Å². The minimum absolute atomic E-state index is 0.0258. The summed E-state index contributed by atoms with van der Waals surface area (Å²) in [7, 11) is 0. The van der Waals surface area contributed by atoms with Crippen molar-refractivity contribution in [2.24, 2.45) is 0 Å². The summed E-state index contributed by atoms with van der Waals surface area (Å²) >= 11 is 0. The highest BCUT2D eigenvalue weighted by Crippen LogP contribution is 2.04. The summed E-state index contributed by atoms with van der Waals surface area (Å²) in [5.74, 6) is -0.558. The van der Waals surface area contributed by atoms with Crippen LogP contribution in [0.5, 0.6) is 0 Å². The maximum atomic E-state index is 10.6. The molecule has 13 heteroatoms. The second-order valence-corrected chi connectivity index (χ2v) is 5.45. The first-order valence-corrected chi connectivity index (χ1v) is 7.64. The fourth-order valence-corrected chi connectivity index (χ4v) is 1.60. The van der Waals surface area contributed by atoms with Gasteiger partial charge in [-0.25, -0.2) is 0 Å². The van der Waals surface area contributed by atoms with E-state index in [0.717, 1.165) is 6.92 Å². The molecule has 0 aliphatic rings. The highest BCUT2D eigenvalue weighted by atomic mass is 16.4. The van der Waals surface area contributed by atoms with Crippen molar-refractivity contribution < 1.29 is 60.3 Å². The number of nitrogens with one attached hydrogen (secondary N) is 1. The van der Waals surface area contributed by atoms with E-state index < -0.39 is 67.9 Å². The van der Waals surface area contributed by atoms with Gasteiger partial charge in [0, 0.05) is 6.92 Å². The van der Waals surface area contributed by atoms with Crippen LogP contribution in [0, 0.1) is 0 Å². The number of carbonyl (C=O) groups is 3. The van der Waals surface area contributed by atoms with Crippen molar-refractivity contribution >= 4 is 18.5 Å². The molecule has 0 aliphatic carbocycles. The summed E-state index contributed by atoms with van der Waals surface area (Å²) in [6.07, 6.45) is -11.6. The summed E-state index contributed by atoms with van der Waals surface area (Å²) in [6, 6.07) is -1.32. The van der Waals surface area contributed by atoms with E-state index in [1.54, 1.807) is 0 Å². The van der Waals surface area contributed by atoms with Crippen LogP contribution in [0.2, 0.25) is 0 Å². The Balaban J connectivity index is 0. The van der Waals surface area contributed by atoms with E-state index >= 15 is 0 Å². The second-order valence-electron chi connectivity index (χ2n) is 5.45. The fraction of sp³-hybridized carbons (Fsp3) is 0.786. The molecule has 1 amide bonds. The van der Waals surface area contributed by atoms with Gasteiger partial charge in [0.05, 0.1) is 13.2 Å². The monoisotopic (exact) mass is 401 g/mol. The third kappa shape index (κ3) is 10.4. The lowest BCUT2D eigenvalue weighted by molar-refractivity contribution is -0.136. The lowest BCUT2D eigenvalue weighted by Gasteiger charge is -2.25. The Morgan fingerprint density at radius 1 is 0.778 bits per heavy atom. The first-order chi connectivity index (χ1) is 12.5. The predicted octanol–water partition coefficient (Wildman–Crippen LogP) is -6.61. The zero-order valence-electron chi connectivity index (χ0n) is 14.4. The number of aliphatic hydroxyl groups excluding tert-OH is 9. The topological polar surface area (TPSA) is 245 Å². The van der Waals surface area contributed by atoms with Crippen LogP contribution >= 0.6 is 0 Å². The van der Waals surface area contributed by atoms with E-state index in [1.165, 1.54) is 0 Å². The molecule has 0 saturated heterocycles. The van der Waals surface area contributed by atoms with Gasteiger partial charge < -0.3 is 60.9 Å². The Kier molecular flexibility index (Phi) is 14.9. The fourth-order valence-electron chi connectivity index (χ4n) is 1.60. The van der Waals surface area contributed by atoms with Crippen LogP contribution in [-0.2, 0) is 14.4 Å². The number of aliphatic hydroxyl groups is 9. The first-order valence-electron chi connectivity index (χ1n) is 7.64. The average molecular weight is 401 g/mol. The molecule has 27 heavy (non-hydrogen) atoms. The maximum absolute atomic E-state index is 10.6. The van der Waals surface area contributed by atoms with Crippen LogP contribution in [0.1, 0.15) is 6.92 Å². The molecule has 13 nitrogen and oxygen atoms in total. The van der Waals surface area contributed by atoms with Gasteiger partial charge in [0.1, 0.15) is 55.1 Å². The molecule has 0 bridgehead atoms. The third-order valence-corrected chi connectivity index (χ3v) is 3.24. The SMILES string of the molecule is CC(=O)N[C@@H](C=O)[C@@H](O)[C@@H](O)[C@H](O)CO.O=C[C@H](O)[C@H](O)[C@@H](O)[C@H](O)CO. The van der Waals surface area contributed by atoms with Crippen LogP contribution in [0.25, 0.3) is 0 Å². The quantitative estimate of drug-likeness (QED) is 0.145. The third-order valence-electron chi connectivity index (χ3n) is 3.24. The molecule has 0 aromatic rings. The number of hydrogen-bond acceptors (Lipinski definition) is 12. The smallest absolute Gasteiger partial charge is 0.217 e. The molecule has 0 heterocycles. The molecule has 0 radical (unpaired) electrons. The van der Waals surface area contributed by atoms with Crippen molar-refractivity contribution in [1.82, 2.24) is 5.32 Å². The Bertz CT molecular complexity index is 436. The Hall–Kier alpha value is -1.55. The summed E-state index contributed by atoms with van der Waals surface area (Å²) < 4.78 is 0. The van der Waals surface area contributed by atoms with E-state index in [1.807, 2.05) is 0 Å². The van der Waals surface area contributed by atoms with Gasteiger partial charge in [0.2, 0.25) is 5.91 Å². The predicted molar refractivity (Wildman–Crippen MR) is 86.0 cm³/mol. The summed E-state index contributed by atoms with van der Waals surface area (Å²) in [6.45, 7) is -0.383.